The van der Waals surface area contributed by atoms with Crippen LogP contribution in [-0.4, -0.2) is 16.6 Å². The lowest BCUT2D eigenvalue weighted by atomic mass is 10.2. The number of thiazole rings is 1. The SMILES string of the molecule is C=CCSc1nc2ccc(NC(=O)c3ccccc3Cl)cc2s1. The topological polar surface area (TPSA) is 42.0 Å². The molecule has 116 valence electrons. The number of rotatable bonds is 5. The van der Waals surface area contributed by atoms with Crippen molar-refractivity contribution in [1.82, 2.24) is 4.98 Å². The number of hydrogen-bond donors (Lipinski definition) is 1. The van der Waals surface area contributed by atoms with Crippen molar-refractivity contribution >= 4 is 56.5 Å². The molecule has 23 heavy (non-hydrogen) atoms. The summed E-state index contributed by atoms with van der Waals surface area (Å²) in [7, 11) is 0. The number of fused-ring (bicyclic) bond motifs is 1. The van der Waals surface area contributed by atoms with Crippen molar-refractivity contribution in [3.05, 3.63) is 65.7 Å². The molecule has 1 amide bonds. The zero-order valence-electron chi connectivity index (χ0n) is 12.1. The number of nitrogens with one attached hydrogen (secondary N) is 1. The van der Waals surface area contributed by atoms with Crippen LogP contribution in [0.2, 0.25) is 5.02 Å². The number of benzene rings is 2. The normalized spacial score (nSPS) is 10.7. The molecule has 6 heteroatoms. The Morgan fingerprint density at radius 2 is 2.17 bits per heavy atom. The van der Waals surface area contributed by atoms with Crippen molar-refractivity contribution in [2.45, 2.75) is 4.34 Å². The Balaban J connectivity index is 1.81. The molecular formula is C17H13ClN2OS2. The quantitative estimate of drug-likeness (QED) is 0.484. The van der Waals surface area contributed by atoms with Gasteiger partial charge in [-0.25, -0.2) is 4.98 Å². The predicted octanol–water partition coefficient (Wildman–Crippen LogP) is 5.48. The molecule has 1 N–H and O–H groups in total. The van der Waals surface area contributed by atoms with Crippen molar-refractivity contribution in [1.29, 1.82) is 0 Å². The van der Waals surface area contributed by atoms with Gasteiger partial charge in [-0.1, -0.05) is 41.6 Å². The summed E-state index contributed by atoms with van der Waals surface area (Å²) in [5.74, 6) is 0.608. The molecule has 0 aliphatic heterocycles. The maximum Gasteiger partial charge on any atom is 0.257 e. The summed E-state index contributed by atoms with van der Waals surface area (Å²) in [6.45, 7) is 3.71. The molecule has 0 fully saturated rings. The van der Waals surface area contributed by atoms with E-state index in [1.807, 2.05) is 24.3 Å². The van der Waals surface area contributed by atoms with Crippen LogP contribution < -0.4 is 5.32 Å². The van der Waals surface area contributed by atoms with E-state index in [9.17, 15) is 4.79 Å². The van der Waals surface area contributed by atoms with Crippen LogP contribution in [0.1, 0.15) is 10.4 Å². The largest absolute Gasteiger partial charge is 0.322 e. The molecule has 0 saturated heterocycles. The lowest BCUT2D eigenvalue weighted by molar-refractivity contribution is 0.102. The second kappa shape index (κ2) is 7.17. The van der Waals surface area contributed by atoms with Crippen LogP contribution in [0.25, 0.3) is 10.2 Å². The van der Waals surface area contributed by atoms with Crippen LogP contribution in [0.5, 0.6) is 0 Å². The van der Waals surface area contributed by atoms with Gasteiger partial charge >= 0.3 is 0 Å². The van der Waals surface area contributed by atoms with Gasteiger partial charge < -0.3 is 5.32 Å². The number of halogens is 1. The van der Waals surface area contributed by atoms with Crippen molar-refractivity contribution in [2.24, 2.45) is 0 Å². The summed E-state index contributed by atoms with van der Waals surface area (Å²) < 4.78 is 2.03. The van der Waals surface area contributed by atoms with Gasteiger partial charge in [-0.3, -0.25) is 4.79 Å². The van der Waals surface area contributed by atoms with Crippen molar-refractivity contribution in [3.63, 3.8) is 0 Å². The van der Waals surface area contributed by atoms with Gasteiger partial charge in [0.2, 0.25) is 0 Å². The molecule has 3 aromatic rings. The number of thioether (sulfide) groups is 1. The molecule has 0 bridgehead atoms. The predicted molar refractivity (Wildman–Crippen MR) is 99.9 cm³/mol. The van der Waals surface area contributed by atoms with Crippen molar-refractivity contribution in [3.8, 4) is 0 Å². The molecule has 1 aromatic heterocycles. The Morgan fingerprint density at radius 3 is 2.96 bits per heavy atom. The summed E-state index contributed by atoms with van der Waals surface area (Å²) in [5, 5.41) is 3.31. The average molecular weight is 361 g/mol. The van der Waals surface area contributed by atoms with E-state index in [2.05, 4.69) is 16.9 Å². The first-order valence-electron chi connectivity index (χ1n) is 6.87. The monoisotopic (exact) mass is 360 g/mol. The molecule has 3 nitrogen and oxygen atoms in total. The van der Waals surface area contributed by atoms with Gasteiger partial charge in [-0.2, -0.15) is 0 Å². The molecule has 0 saturated carbocycles. The third-order valence-corrected chi connectivity index (χ3v) is 5.56. The Hall–Kier alpha value is -1.82. The van der Waals surface area contributed by atoms with Gasteiger partial charge in [0.1, 0.15) is 0 Å². The van der Waals surface area contributed by atoms with Crippen LogP contribution in [0.4, 0.5) is 5.69 Å². The maximum atomic E-state index is 12.3. The van der Waals surface area contributed by atoms with Crippen LogP contribution in [0, 0.1) is 0 Å². The van der Waals surface area contributed by atoms with Gasteiger partial charge in [-0.05, 0) is 30.3 Å². The van der Waals surface area contributed by atoms with Gasteiger partial charge in [0.05, 0.1) is 20.8 Å². The smallest absolute Gasteiger partial charge is 0.257 e. The zero-order valence-corrected chi connectivity index (χ0v) is 14.5. The fraction of sp³-hybridized carbons (Fsp3) is 0.0588. The van der Waals surface area contributed by atoms with Gasteiger partial charge in [-0.15, -0.1) is 17.9 Å². The van der Waals surface area contributed by atoms with E-state index in [1.54, 1.807) is 47.4 Å². The zero-order chi connectivity index (χ0) is 16.2. The minimum atomic E-state index is -0.222. The summed E-state index contributed by atoms with van der Waals surface area (Å²) in [6.07, 6.45) is 1.85. The molecule has 0 atom stereocenters. The van der Waals surface area contributed by atoms with Crippen LogP contribution in [0.3, 0.4) is 0 Å². The Kier molecular flexibility index (Phi) is 5.00. The summed E-state index contributed by atoms with van der Waals surface area (Å²) >= 11 is 9.31. The fourth-order valence-electron chi connectivity index (χ4n) is 2.02. The number of anilines is 1. The number of carbonyl (C=O) groups is 1. The average Bonchev–Trinajstić information content (AvgIpc) is 2.95. The van der Waals surface area contributed by atoms with Crippen LogP contribution >= 0.6 is 34.7 Å². The minimum Gasteiger partial charge on any atom is -0.322 e. The van der Waals surface area contributed by atoms with Crippen LogP contribution in [0.15, 0.2) is 59.5 Å². The van der Waals surface area contributed by atoms with E-state index in [1.165, 1.54) is 0 Å². The minimum absolute atomic E-state index is 0.222. The molecule has 3 rings (SSSR count). The standard InChI is InChI=1S/C17H13ClN2OS2/c1-2-9-22-17-20-14-8-7-11(10-15(14)23-17)19-16(21)12-5-3-4-6-13(12)18/h2-8,10H,1,9H2,(H,19,21). The van der Waals surface area contributed by atoms with E-state index in [0.29, 0.717) is 10.6 Å². The number of amides is 1. The molecule has 0 aliphatic carbocycles. The summed E-state index contributed by atoms with van der Waals surface area (Å²) in [6, 6.07) is 12.7. The lowest BCUT2D eigenvalue weighted by Crippen LogP contribution is -2.12. The molecule has 0 spiro atoms. The first kappa shape index (κ1) is 16.1. The van der Waals surface area contributed by atoms with E-state index < -0.39 is 0 Å². The third-order valence-electron chi connectivity index (χ3n) is 3.07. The first-order chi connectivity index (χ1) is 11.2. The van der Waals surface area contributed by atoms with Crippen molar-refractivity contribution in [2.75, 3.05) is 11.1 Å². The second-order valence-electron chi connectivity index (χ2n) is 4.70. The Morgan fingerprint density at radius 1 is 1.35 bits per heavy atom. The summed E-state index contributed by atoms with van der Waals surface area (Å²) in [4.78, 5) is 16.8. The van der Waals surface area contributed by atoms with Gasteiger partial charge in [0.25, 0.3) is 5.91 Å². The maximum absolute atomic E-state index is 12.3. The van der Waals surface area contributed by atoms with Crippen LogP contribution in [-0.2, 0) is 0 Å². The van der Waals surface area contributed by atoms with Gasteiger partial charge in [0.15, 0.2) is 4.34 Å². The highest BCUT2D eigenvalue weighted by Crippen LogP contribution is 2.31. The third kappa shape index (κ3) is 3.75. The van der Waals surface area contributed by atoms with Gasteiger partial charge in [0, 0.05) is 11.4 Å². The molecule has 2 aromatic carbocycles. The lowest BCUT2D eigenvalue weighted by Gasteiger charge is -2.06. The molecule has 0 radical (unpaired) electrons. The number of carbonyl (C=O) groups excluding carboxylic acids is 1. The highest BCUT2D eigenvalue weighted by molar-refractivity contribution is 8.01. The molecule has 0 aliphatic rings. The van der Waals surface area contributed by atoms with E-state index in [-0.39, 0.29) is 5.91 Å². The Labute approximate surface area is 147 Å². The number of aromatic nitrogens is 1. The van der Waals surface area contributed by atoms with Crippen molar-refractivity contribution < 1.29 is 4.79 Å². The molecule has 0 unspecified atom stereocenters. The summed E-state index contributed by atoms with van der Waals surface area (Å²) in [5.41, 5.74) is 2.12. The Bertz CT molecular complexity index is 876. The highest BCUT2D eigenvalue weighted by atomic mass is 35.5. The number of nitrogens with zero attached hydrogens (tertiary/aromatic N) is 1. The molecular weight excluding hydrogens is 348 g/mol. The van der Waals surface area contributed by atoms with E-state index >= 15 is 0 Å². The molecule has 1 heterocycles. The fourth-order valence-corrected chi connectivity index (χ4v) is 4.11. The number of hydrogen-bond acceptors (Lipinski definition) is 4. The van der Waals surface area contributed by atoms with E-state index in [4.69, 9.17) is 11.6 Å². The highest BCUT2D eigenvalue weighted by Gasteiger charge is 2.11. The second-order valence-corrected chi connectivity index (χ2v) is 7.40. The first-order valence-corrected chi connectivity index (χ1v) is 9.05. The van der Waals surface area contributed by atoms with E-state index in [0.717, 1.165) is 26.0 Å².